The summed E-state index contributed by atoms with van der Waals surface area (Å²) in [6.07, 6.45) is 11.9. The van der Waals surface area contributed by atoms with Gasteiger partial charge in [-0.15, -0.1) is 0 Å². The van der Waals surface area contributed by atoms with Crippen LogP contribution in [0.15, 0.2) is 0 Å². The molecule has 0 aromatic heterocycles. The minimum Gasteiger partial charge on any atom is -0.694 e. The molecule has 1 heterocycles. The van der Waals surface area contributed by atoms with Crippen LogP contribution in [0.25, 0.3) is 9.30 Å². The van der Waals surface area contributed by atoms with Crippen LogP contribution >= 0.6 is 0 Å². The molecule has 0 bridgehead atoms. The molecule has 1 aliphatic rings. The van der Waals surface area contributed by atoms with E-state index < -0.39 is 32.9 Å². The Morgan fingerprint density at radius 3 is 1.00 bits per heavy atom. The maximum Gasteiger partial charge on any atom is 4.00 e. The summed E-state index contributed by atoms with van der Waals surface area (Å²) in [5.74, 6) is 4.00. The smallest absolute Gasteiger partial charge is 0.694 e. The number of nitrogens with zero attached hydrogens (tertiary/aromatic N) is 2. The Labute approximate surface area is 179 Å². The summed E-state index contributed by atoms with van der Waals surface area (Å²) in [6.45, 7) is 26.4. The van der Waals surface area contributed by atoms with Gasteiger partial charge in [0.25, 0.3) is 0 Å². The topological polar surface area (TPSA) is 28.2 Å². The Morgan fingerprint density at radius 1 is 0.760 bits per heavy atom. The molecule has 0 unspecified atom stereocenters. The second-order valence-corrected chi connectivity index (χ2v) is 27.9. The minimum atomic E-state index is -1.11. The first-order chi connectivity index (χ1) is 10.4. The minimum absolute atomic E-state index is 0. The Kier molecular flexibility index (Phi) is 19.5. The zero-order valence-corrected chi connectivity index (χ0v) is 24.4. The molecule has 0 saturated carbocycles. The van der Waals surface area contributed by atoms with Crippen LogP contribution < -0.4 is 0 Å². The summed E-state index contributed by atoms with van der Waals surface area (Å²) in [4.78, 5) is 0. The summed E-state index contributed by atoms with van der Waals surface area (Å²) in [5.41, 5.74) is 0. The van der Waals surface area contributed by atoms with Crippen molar-refractivity contribution in [1.29, 1.82) is 0 Å². The molecule has 1 aliphatic heterocycles. The van der Waals surface area contributed by atoms with Crippen LogP contribution in [0.4, 0.5) is 0 Å². The molecule has 1 fully saturated rings. The summed E-state index contributed by atoms with van der Waals surface area (Å²) in [6, 6.07) is 2.90. The van der Waals surface area contributed by atoms with E-state index in [2.05, 4.69) is 65.5 Å². The third-order valence-electron chi connectivity index (χ3n) is 2.62. The van der Waals surface area contributed by atoms with Gasteiger partial charge in [0.05, 0.1) is 0 Å². The van der Waals surface area contributed by atoms with Crippen molar-refractivity contribution >= 4 is 32.9 Å². The quantitative estimate of drug-likeness (QED) is 0.249. The van der Waals surface area contributed by atoms with Gasteiger partial charge in [0.2, 0.25) is 0 Å². The Bertz CT molecular complexity index is 373. The molecule has 1 rings (SSSR count). The monoisotopic (exact) mass is 444 g/mol. The first kappa shape index (κ1) is 33.2. The van der Waals surface area contributed by atoms with E-state index in [1.165, 1.54) is 12.1 Å². The molecular weight excluding hydrogens is 404 g/mol. The van der Waals surface area contributed by atoms with E-state index in [1.54, 1.807) is 13.8 Å². The van der Waals surface area contributed by atoms with E-state index in [-0.39, 0.29) is 21.7 Å². The summed E-state index contributed by atoms with van der Waals surface area (Å²) < 4.78 is 9.75. The van der Waals surface area contributed by atoms with Gasteiger partial charge in [-0.05, 0) is 13.8 Å². The van der Waals surface area contributed by atoms with Crippen molar-refractivity contribution < 1.29 is 21.7 Å². The molecule has 0 aliphatic carbocycles. The molecule has 2 nitrogen and oxygen atoms in total. The average Bonchev–Trinajstić information content (AvgIpc) is 2.48. The third-order valence-corrected chi connectivity index (χ3v) is 16.3. The molecule has 0 atom stereocenters. The van der Waals surface area contributed by atoms with Crippen molar-refractivity contribution in [2.24, 2.45) is 0 Å². The molecule has 0 spiro atoms. The number of rotatable bonds is 2. The van der Waals surface area contributed by atoms with Gasteiger partial charge in [-0.25, -0.2) is 0 Å². The third kappa shape index (κ3) is 32.7. The SMILES string of the molecule is C[Si](C)(C)[N-][Si](C)(C)C.C[Si]1(C)CC[Si](C)(C)[N-]1.[C-]#CC.[C-]#CC.[Ti+4]. The predicted molar refractivity (Wildman–Crippen MR) is 124 cm³/mol. The first-order valence-corrected chi connectivity index (χ1v) is 21.8. The molecule has 1 saturated heterocycles. The van der Waals surface area contributed by atoms with Crippen LogP contribution in [-0.4, -0.2) is 32.9 Å². The molecule has 0 N–H and O–H groups in total. The molecule has 0 amide bonds. The van der Waals surface area contributed by atoms with Gasteiger partial charge < -0.3 is 34.0 Å². The Hall–Kier alpha value is 0.622. The second-order valence-electron chi connectivity index (χ2n) is 9.19. The van der Waals surface area contributed by atoms with Crippen molar-refractivity contribution in [1.82, 2.24) is 0 Å². The second kappa shape index (κ2) is 14.7. The number of hydrogen-bond donors (Lipinski definition) is 0. The van der Waals surface area contributed by atoms with Gasteiger partial charge in [-0.3, -0.25) is 0 Å². The molecule has 0 aromatic carbocycles. The fourth-order valence-corrected chi connectivity index (χ4v) is 22.9. The zero-order valence-electron chi connectivity index (χ0n) is 18.8. The van der Waals surface area contributed by atoms with E-state index in [4.69, 9.17) is 22.1 Å². The maximum absolute atomic E-state index is 5.96. The van der Waals surface area contributed by atoms with Crippen LogP contribution in [-0.2, 0) is 21.7 Å². The fourth-order valence-electron chi connectivity index (χ4n) is 2.55. The van der Waals surface area contributed by atoms with Crippen LogP contribution in [0, 0.1) is 24.7 Å². The van der Waals surface area contributed by atoms with Crippen molar-refractivity contribution in [3.05, 3.63) is 22.1 Å². The van der Waals surface area contributed by atoms with Crippen LogP contribution in [0.2, 0.25) is 77.6 Å². The van der Waals surface area contributed by atoms with Gasteiger partial charge >= 0.3 is 21.7 Å². The van der Waals surface area contributed by atoms with Gasteiger partial charge in [-0.1, -0.05) is 111 Å². The summed E-state index contributed by atoms with van der Waals surface area (Å²) in [5, 5.41) is 0. The van der Waals surface area contributed by atoms with E-state index in [9.17, 15) is 0 Å². The molecule has 0 aromatic rings. The van der Waals surface area contributed by atoms with Gasteiger partial charge in [-0.2, -0.15) is 0 Å². The molecule has 7 heteroatoms. The first-order valence-electron chi connectivity index (χ1n) is 8.60. The van der Waals surface area contributed by atoms with Crippen LogP contribution in [0.5, 0.6) is 0 Å². The van der Waals surface area contributed by atoms with Gasteiger partial charge in [0, 0.05) is 0 Å². The van der Waals surface area contributed by atoms with E-state index in [0.717, 1.165) is 0 Å². The van der Waals surface area contributed by atoms with Crippen LogP contribution in [0.1, 0.15) is 13.8 Å². The van der Waals surface area contributed by atoms with E-state index >= 15 is 0 Å². The van der Waals surface area contributed by atoms with Crippen molar-refractivity contribution in [2.75, 3.05) is 0 Å². The molecule has 0 radical (unpaired) electrons. The molecule has 25 heavy (non-hydrogen) atoms. The Balaban J connectivity index is -0.000000131. The largest absolute Gasteiger partial charge is 4.00 e. The number of hydrogen-bond acceptors (Lipinski definition) is 0. The Morgan fingerprint density at radius 2 is 0.960 bits per heavy atom. The molecule has 142 valence electrons. The van der Waals surface area contributed by atoms with Crippen molar-refractivity contribution in [3.63, 3.8) is 0 Å². The summed E-state index contributed by atoms with van der Waals surface area (Å²) >= 11 is 0. The molecular formula is C18H40N2Si4Ti. The van der Waals surface area contributed by atoms with Gasteiger partial charge in [0.15, 0.2) is 0 Å². The predicted octanol–water partition coefficient (Wildman–Crippen LogP) is 7.00. The summed E-state index contributed by atoms with van der Waals surface area (Å²) in [7, 11) is -4.19. The maximum atomic E-state index is 5.96. The fraction of sp³-hybridized carbons (Fsp3) is 0.778. The van der Waals surface area contributed by atoms with Gasteiger partial charge in [0.1, 0.15) is 0 Å². The zero-order chi connectivity index (χ0) is 20.2. The van der Waals surface area contributed by atoms with Crippen molar-refractivity contribution in [2.45, 2.75) is 91.4 Å². The van der Waals surface area contributed by atoms with Crippen LogP contribution in [0.3, 0.4) is 0 Å². The normalized spacial score (nSPS) is 16.7. The van der Waals surface area contributed by atoms with E-state index in [0.29, 0.717) is 0 Å². The standard InChI is InChI=1S/C6H16NSi2.C6H18NSi2.2C3H3.Ti/c1-8(2)5-6-9(3,4)7-8;1-8(2,3)7-9(4,5)6;2*1-3-2;/h5-6H2,1-4H3;1-6H3;2*1H3;/q4*-1;+4. The van der Waals surface area contributed by atoms with Crippen molar-refractivity contribution in [3.8, 4) is 11.8 Å². The van der Waals surface area contributed by atoms with E-state index in [1.807, 2.05) is 11.8 Å². The average molecular weight is 445 g/mol.